The van der Waals surface area contributed by atoms with Crippen molar-refractivity contribution in [1.82, 2.24) is 4.68 Å². The number of nitrogens with zero attached hydrogens (tertiary/aromatic N) is 3. The molecule has 0 radical (unpaired) electrons. The fraction of sp³-hybridized carbons (Fsp3) is 0.0667. The fourth-order valence-electron chi connectivity index (χ4n) is 2.10. The summed E-state index contributed by atoms with van der Waals surface area (Å²) in [6, 6.07) is 18.0. The van der Waals surface area contributed by atoms with E-state index in [1.807, 2.05) is 72.4 Å². The van der Waals surface area contributed by atoms with Crippen molar-refractivity contribution in [3.8, 4) is 0 Å². The minimum Gasteiger partial charge on any atom is -0.288 e. The van der Waals surface area contributed by atoms with Gasteiger partial charge in [-0.2, -0.15) is 0 Å². The summed E-state index contributed by atoms with van der Waals surface area (Å²) in [5, 5.41) is 4.47. The van der Waals surface area contributed by atoms with Gasteiger partial charge in [0, 0.05) is 0 Å². The van der Waals surface area contributed by atoms with Crippen molar-refractivity contribution < 1.29 is 4.57 Å². The van der Waals surface area contributed by atoms with Gasteiger partial charge in [-0.3, -0.25) is 5.73 Å². The van der Waals surface area contributed by atoms with E-state index in [2.05, 4.69) is 5.10 Å². The Morgan fingerprint density at radius 2 is 1.74 bits per heavy atom. The average molecular weight is 251 g/mol. The summed E-state index contributed by atoms with van der Waals surface area (Å²) in [6.45, 7) is 0. The van der Waals surface area contributed by atoms with Crippen molar-refractivity contribution in [2.24, 2.45) is 12.1 Å². The number of rotatable bonds is 2. The largest absolute Gasteiger partial charge is 0.380 e. The molecular formula is C15H15N4+. The van der Waals surface area contributed by atoms with Crippen LogP contribution in [0, 0.1) is 0 Å². The van der Waals surface area contributed by atoms with Crippen molar-refractivity contribution in [2.75, 3.05) is 5.73 Å². The summed E-state index contributed by atoms with van der Waals surface area (Å²) in [4.78, 5) is 0. The quantitative estimate of drug-likeness (QED) is 0.549. The molecule has 1 aromatic heterocycles. The summed E-state index contributed by atoms with van der Waals surface area (Å²) in [5.74, 6) is 0.605. The van der Waals surface area contributed by atoms with Crippen molar-refractivity contribution in [1.29, 1.82) is 0 Å². The molecule has 0 unspecified atom stereocenters. The molecule has 0 amide bonds. The minimum atomic E-state index is 0.605. The van der Waals surface area contributed by atoms with E-state index in [0.717, 1.165) is 16.6 Å². The first-order chi connectivity index (χ1) is 9.27. The second-order valence-electron chi connectivity index (χ2n) is 4.37. The maximum atomic E-state index is 6.09. The number of hydrogen-bond acceptors (Lipinski definition) is 2. The number of benzene rings is 2. The molecule has 0 bridgehead atoms. The van der Waals surface area contributed by atoms with Gasteiger partial charge in [-0.05, 0) is 17.7 Å². The fourth-order valence-corrected chi connectivity index (χ4v) is 2.10. The first-order valence-corrected chi connectivity index (χ1v) is 6.12. The third-order valence-electron chi connectivity index (χ3n) is 3.15. The van der Waals surface area contributed by atoms with Crippen LogP contribution in [0.15, 0.2) is 59.7 Å². The Balaban J connectivity index is 2.11. The van der Waals surface area contributed by atoms with Crippen LogP contribution < -0.4 is 10.3 Å². The molecule has 94 valence electrons. The van der Waals surface area contributed by atoms with Crippen LogP contribution in [0.1, 0.15) is 5.56 Å². The van der Waals surface area contributed by atoms with Crippen molar-refractivity contribution >= 4 is 23.2 Å². The molecule has 2 N–H and O–H groups in total. The van der Waals surface area contributed by atoms with Crippen LogP contribution >= 0.6 is 0 Å². The highest BCUT2D eigenvalue weighted by Gasteiger charge is 2.16. The van der Waals surface area contributed by atoms with Gasteiger partial charge in [0.15, 0.2) is 5.52 Å². The van der Waals surface area contributed by atoms with E-state index in [-0.39, 0.29) is 0 Å². The van der Waals surface area contributed by atoms with E-state index < -0.39 is 0 Å². The third-order valence-corrected chi connectivity index (χ3v) is 3.15. The smallest absolute Gasteiger partial charge is 0.288 e. The second kappa shape index (κ2) is 4.57. The molecule has 4 nitrogen and oxygen atoms in total. The van der Waals surface area contributed by atoms with E-state index in [1.54, 1.807) is 4.68 Å². The molecule has 4 heteroatoms. The van der Waals surface area contributed by atoms with E-state index in [4.69, 9.17) is 5.73 Å². The number of hydrogen-bond donors (Lipinski definition) is 1. The van der Waals surface area contributed by atoms with Crippen LogP contribution in [0.2, 0.25) is 0 Å². The van der Waals surface area contributed by atoms with Crippen LogP contribution in [0.4, 0.5) is 5.95 Å². The highest BCUT2D eigenvalue weighted by atomic mass is 15.4. The molecule has 0 aliphatic carbocycles. The Morgan fingerprint density at radius 3 is 2.53 bits per heavy atom. The van der Waals surface area contributed by atoms with E-state index in [1.165, 1.54) is 0 Å². The van der Waals surface area contributed by atoms with Crippen LogP contribution in [0.3, 0.4) is 0 Å². The van der Waals surface area contributed by atoms with Gasteiger partial charge in [0.1, 0.15) is 5.52 Å². The molecule has 0 aliphatic rings. The van der Waals surface area contributed by atoms with Crippen molar-refractivity contribution in [3.05, 3.63) is 60.2 Å². The molecule has 3 rings (SSSR count). The summed E-state index contributed by atoms with van der Waals surface area (Å²) >= 11 is 0. The molecule has 0 atom stereocenters. The molecular weight excluding hydrogens is 236 g/mol. The van der Waals surface area contributed by atoms with Gasteiger partial charge >= 0.3 is 5.95 Å². The monoisotopic (exact) mass is 251 g/mol. The SMILES string of the molecule is C[n+]1c(N)n(/N=C/c2ccccc2)c2ccccc21. The summed E-state index contributed by atoms with van der Waals surface area (Å²) in [5.41, 5.74) is 9.19. The lowest BCUT2D eigenvalue weighted by Crippen LogP contribution is -2.31. The van der Waals surface area contributed by atoms with Gasteiger partial charge in [-0.1, -0.05) is 42.5 Å². The van der Waals surface area contributed by atoms with E-state index in [0.29, 0.717) is 5.95 Å². The van der Waals surface area contributed by atoms with Crippen LogP contribution in [-0.2, 0) is 7.05 Å². The number of aromatic nitrogens is 2. The first-order valence-electron chi connectivity index (χ1n) is 6.12. The van der Waals surface area contributed by atoms with Gasteiger partial charge in [-0.25, -0.2) is 4.57 Å². The van der Waals surface area contributed by atoms with Gasteiger partial charge in [0.25, 0.3) is 0 Å². The maximum absolute atomic E-state index is 6.09. The molecule has 0 saturated heterocycles. The van der Waals surface area contributed by atoms with E-state index in [9.17, 15) is 0 Å². The highest BCUT2D eigenvalue weighted by molar-refractivity contribution is 5.81. The van der Waals surface area contributed by atoms with Crippen molar-refractivity contribution in [2.45, 2.75) is 0 Å². The molecule has 19 heavy (non-hydrogen) atoms. The molecule has 0 saturated carbocycles. The Labute approximate surface area is 111 Å². The average Bonchev–Trinajstić information content (AvgIpc) is 2.71. The molecule has 0 spiro atoms. The molecule has 0 aliphatic heterocycles. The summed E-state index contributed by atoms with van der Waals surface area (Å²) in [7, 11) is 1.94. The highest BCUT2D eigenvalue weighted by Crippen LogP contribution is 2.14. The van der Waals surface area contributed by atoms with E-state index >= 15 is 0 Å². The Kier molecular flexibility index (Phi) is 2.76. The van der Waals surface area contributed by atoms with Gasteiger partial charge < -0.3 is 0 Å². The predicted molar refractivity (Wildman–Crippen MR) is 77.0 cm³/mol. The van der Waals surface area contributed by atoms with Gasteiger partial charge in [0.2, 0.25) is 0 Å². The van der Waals surface area contributed by atoms with Gasteiger partial charge in [-0.15, -0.1) is 9.78 Å². The summed E-state index contributed by atoms with van der Waals surface area (Å²) in [6.07, 6.45) is 1.81. The lowest BCUT2D eigenvalue weighted by Gasteiger charge is -1.92. The number of aryl methyl sites for hydroxylation is 1. The second-order valence-corrected chi connectivity index (χ2v) is 4.37. The first kappa shape index (κ1) is 11.5. The Morgan fingerprint density at radius 1 is 1.05 bits per heavy atom. The number of nitrogens with two attached hydrogens (primary N) is 1. The number of anilines is 1. The maximum Gasteiger partial charge on any atom is 0.380 e. The van der Waals surface area contributed by atoms with Crippen LogP contribution in [-0.4, -0.2) is 10.9 Å². The number of nitrogen functional groups attached to an aromatic ring is 1. The number of fused-ring (bicyclic) bond motifs is 1. The standard InChI is InChI=1S/C15H14N4/c1-18-13-9-5-6-10-14(13)19(15(18)16)17-11-12-7-3-2-4-8-12/h2-11,16H,1H3/p+1/b17-11+. The molecule has 3 aromatic rings. The normalized spacial score (nSPS) is 11.4. The zero-order valence-electron chi connectivity index (χ0n) is 10.7. The predicted octanol–water partition coefficient (Wildman–Crippen LogP) is 1.93. The molecule has 2 aromatic carbocycles. The lowest BCUT2D eigenvalue weighted by molar-refractivity contribution is -0.630. The zero-order valence-corrected chi connectivity index (χ0v) is 10.7. The molecule has 1 heterocycles. The Hall–Kier alpha value is -2.62. The van der Waals surface area contributed by atoms with Crippen LogP contribution in [0.5, 0.6) is 0 Å². The number of imidazole rings is 1. The minimum absolute atomic E-state index is 0.605. The zero-order chi connectivity index (χ0) is 13.2. The van der Waals surface area contributed by atoms with Crippen molar-refractivity contribution in [3.63, 3.8) is 0 Å². The molecule has 0 fully saturated rings. The third kappa shape index (κ3) is 1.97. The number of para-hydroxylation sites is 2. The Bertz CT molecular complexity index is 741. The lowest BCUT2D eigenvalue weighted by atomic mass is 10.2. The van der Waals surface area contributed by atoms with Gasteiger partial charge in [0.05, 0.1) is 13.3 Å². The topological polar surface area (TPSA) is 47.2 Å². The van der Waals surface area contributed by atoms with Crippen LogP contribution in [0.25, 0.3) is 11.0 Å². The summed E-state index contributed by atoms with van der Waals surface area (Å²) < 4.78 is 3.68.